The monoisotopic (exact) mass is 283 g/mol. The van der Waals surface area contributed by atoms with E-state index in [0.717, 1.165) is 0 Å². The van der Waals surface area contributed by atoms with E-state index in [-0.39, 0.29) is 24.3 Å². The number of nitrogens with one attached hydrogen (secondary N) is 2. The average molecular weight is 283 g/mol. The molecule has 0 saturated carbocycles. The summed E-state index contributed by atoms with van der Waals surface area (Å²) in [6.45, 7) is 5.20. The molecule has 1 rings (SSSR count). The van der Waals surface area contributed by atoms with Gasteiger partial charge in [0.15, 0.2) is 0 Å². The summed E-state index contributed by atoms with van der Waals surface area (Å²) in [6.07, 6.45) is 2.87. The van der Waals surface area contributed by atoms with Gasteiger partial charge in [0.2, 0.25) is 5.91 Å². The van der Waals surface area contributed by atoms with Gasteiger partial charge in [0.05, 0.1) is 19.6 Å². The second kappa shape index (κ2) is 8.31. The van der Waals surface area contributed by atoms with Gasteiger partial charge in [-0.3, -0.25) is 19.8 Å². The Labute approximate surface area is 118 Å². The van der Waals surface area contributed by atoms with Crippen LogP contribution in [0.2, 0.25) is 0 Å². The van der Waals surface area contributed by atoms with Crippen molar-refractivity contribution in [1.82, 2.24) is 15.5 Å². The molecule has 112 valence electrons. The number of piperidine rings is 1. The SMILES string of the molecule is C=CCNC(=O)NC(=O)CN1CCC(C(=O)OC)CC1. The largest absolute Gasteiger partial charge is 0.469 e. The first kappa shape index (κ1) is 16.2. The third kappa shape index (κ3) is 5.40. The molecule has 0 aromatic heterocycles. The van der Waals surface area contributed by atoms with Crippen molar-refractivity contribution in [2.75, 3.05) is 33.3 Å². The van der Waals surface area contributed by atoms with Crippen LogP contribution in [0.1, 0.15) is 12.8 Å². The van der Waals surface area contributed by atoms with E-state index in [1.54, 1.807) is 0 Å². The number of nitrogens with zero attached hydrogens (tertiary/aromatic N) is 1. The Kier molecular flexibility index (Phi) is 6.72. The van der Waals surface area contributed by atoms with E-state index in [9.17, 15) is 14.4 Å². The number of imide groups is 1. The van der Waals surface area contributed by atoms with E-state index in [2.05, 4.69) is 17.2 Å². The first-order chi connectivity index (χ1) is 9.56. The van der Waals surface area contributed by atoms with Crippen molar-refractivity contribution in [2.24, 2.45) is 5.92 Å². The molecule has 7 nitrogen and oxygen atoms in total. The third-order valence-corrected chi connectivity index (χ3v) is 3.15. The van der Waals surface area contributed by atoms with Crippen LogP contribution in [0, 0.1) is 5.92 Å². The van der Waals surface area contributed by atoms with Gasteiger partial charge in [0.25, 0.3) is 0 Å². The summed E-state index contributed by atoms with van der Waals surface area (Å²) in [5.41, 5.74) is 0. The number of urea groups is 1. The van der Waals surface area contributed by atoms with Crippen molar-refractivity contribution in [2.45, 2.75) is 12.8 Å². The van der Waals surface area contributed by atoms with Crippen LogP contribution in [-0.2, 0) is 14.3 Å². The zero-order valence-corrected chi connectivity index (χ0v) is 11.7. The molecule has 0 aromatic carbocycles. The number of carbonyl (C=O) groups is 3. The topological polar surface area (TPSA) is 87.7 Å². The zero-order chi connectivity index (χ0) is 15.0. The highest BCUT2D eigenvalue weighted by Crippen LogP contribution is 2.17. The van der Waals surface area contributed by atoms with E-state index >= 15 is 0 Å². The summed E-state index contributed by atoms with van der Waals surface area (Å²) in [5, 5.41) is 4.70. The van der Waals surface area contributed by atoms with Gasteiger partial charge in [-0.2, -0.15) is 0 Å². The highest BCUT2D eigenvalue weighted by Gasteiger charge is 2.26. The molecule has 0 aromatic rings. The first-order valence-electron chi connectivity index (χ1n) is 6.55. The molecular weight excluding hydrogens is 262 g/mol. The second-order valence-corrected chi connectivity index (χ2v) is 4.62. The number of methoxy groups -OCH3 is 1. The third-order valence-electron chi connectivity index (χ3n) is 3.15. The summed E-state index contributed by atoms with van der Waals surface area (Å²) in [4.78, 5) is 36.2. The molecule has 2 N–H and O–H groups in total. The lowest BCUT2D eigenvalue weighted by atomic mass is 9.97. The van der Waals surface area contributed by atoms with E-state index in [4.69, 9.17) is 4.74 Å². The van der Waals surface area contributed by atoms with Gasteiger partial charge in [-0.25, -0.2) is 4.79 Å². The number of hydrogen-bond acceptors (Lipinski definition) is 5. The molecule has 0 atom stereocenters. The Hall–Kier alpha value is -1.89. The maximum absolute atomic E-state index is 11.6. The minimum absolute atomic E-state index is 0.0878. The smallest absolute Gasteiger partial charge is 0.321 e. The minimum Gasteiger partial charge on any atom is -0.469 e. The second-order valence-electron chi connectivity index (χ2n) is 4.62. The van der Waals surface area contributed by atoms with Crippen molar-refractivity contribution in [3.63, 3.8) is 0 Å². The van der Waals surface area contributed by atoms with Crippen LogP contribution in [0.5, 0.6) is 0 Å². The maximum atomic E-state index is 11.6. The van der Waals surface area contributed by atoms with Gasteiger partial charge >= 0.3 is 12.0 Å². The van der Waals surface area contributed by atoms with Crippen molar-refractivity contribution in [3.8, 4) is 0 Å². The highest BCUT2D eigenvalue weighted by molar-refractivity contribution is 5.95. The van der Waals surface area contributed by atoms with Gasteiger partial charge in [-0.15, -0.1) is 6.58 Å². The molecule has 1 aliphatic heterocycles. The number of hydrogen-bond donors (Lipinski definition) is 2. The minimum atomic E-state index is -0.528. The average Bonchev–Trinajstić information content (AvgIpc) is 2.45. The van der Waals surface area contributed by atoms with E-state index in [0.29, 0.717) is 32.5 Å². The molecule has 0 aliphatic carbocycles. The van der Waals surface area contributed by atoms with Crippen LogP contribution in [-0.4, -0.2) is 56.1 Å². The van der Waals surface area contributed by atoms with Crippen molar-refractivity contribution < 1.29 is 19.1 Å². The molecule has 3 amide bonds. The summed E-state index contributed by atoms with van der Waals surface area (Å²) in [6, 6.07) is -0.528. The van der Waals surface area contributed by atoms with Crippen molar-refractivity contribution in [1.29, 1.82) is 0 Å². The summed E-state index contributed by atoms with van der Waals surface area (Å²) >= 11 is 0. The number of ether oxygens (including phenoxy) is 1. The molecule has 1 aliphatic rings. The van der Waals surface area contributed by atoms with Crippen LogP contribution in [0.15, 0.2) is 12.7 Å². The maximum Gasteiger partial charge on any atom is 0.321 e. The summed E-state index contributed by atoms with van der Waals surface area (Å²) in [7, 11) is 1.38. The molecule has 0 unspecified atom stereocenters. The van der Waals surface area contributed by atoms with Crippen molar-refractivity contribution >= 4 is 17.9 Å². The predicted octanol–water partition coefficient (Wildman–Crippen LogP) is -0.117. The predicted molar refractivity (Wildman–Crippen MR) is 72.9 cm³/mol. The van der Waals surface area contributed by atoms with Crippen LogP contribution in [0.3, 0.4) is 0 Å². The van der Waals surface area contributed by atoms with E-state index in [1.165, 1.54) is 13.2 Å². The molecule has 0 spiro atoms. The molecule has 0 radical (unpaired) electrons. The standard InChI is InChI=1S/C13H21N3O4/c1-3-6-14-13(19)15-11(17)9-16-7-4-10(5-8-16)12(18)20-2/h3,10H,1,4-9H2,2H3,(H2,14,15,17,19). The quantitative estimate of drug-likeness (QED) is 0.542. The number of likely N-dealkylation sites (tertiary alicyclic amines) is 1. The molecule has 0 bridgehead atoms. The molecule has 1 fully saturated rings. The number of amides is 3. The molecular formula is C13H21N3O4. The van der Waals surface area contributed by atoms with Gasteiger partial charge in [0, 0.05) is 6.54 Å². The normalized spacial score (nSPS) is 16.2. The van der Waals surface area contributed by atoms with E-state index < -0.39 is 6.03 Å². The fourth-order valence-corrected chi connectivity index (χ4v) is 2.07. The Balaban J connectivity index is 2.26. The Morgan fingerprint density at radius 1 is 1.35 bits per heavy atom. The van der Waals surface area contributed by atoms with Gasteiger partial charge in [-0.1, -0.05) is 6.08 Å². The lowest BCUT2D eigenvalue weighted by molar-refractivity contribution is -0.147. The van der Waals surface area contributed by atoms with E-state index in [1.807, 2.05) is 4.90 Å². The Morgan fingerprint density at radius 3 is 2.55 bits per heavy atom. The highest BCUT2D eigenvalue weighted by atomic mass is 16.5. The summed E-state index contributed by atoms with van der Waals surface area (Å²) < 4.78 is 4.70. The fraction of sp³-hybridized carbons (Fsp3) is 0.615. The lowest BCUT2D eigenvalue weighted by Crippen LogP contribution is -2.46. The molecule has 1 saturated heterocycles. The Morgan fingerprint density at radius 2 is 2.00 bits per heavy atom. The zero-order valence-electron chi connectivity index (χ0n) is 11.7. The van der Waals surface area contributed by atoms with Crippen LogP contribution < -0.4 is 10.6 Å². The number of carbonyl (C=O) groups excluding carboxylic acids is 3. The summed E-state index contributed by atoms with van der Waals surface area (Å²) in [5.74, 6) is -0.642. The van der Waals surface area contributed by atoms with Crippen LogP contribution >= 0.6 is 0 Å². The number of rotatable bonds is 5. The molecule has 20 heavy (non-hydrogen) atoms. The van der Waals surface area contributed by atoms with Crippen LogP contribution in [0.25, 0.3) is 0 Å². The fourth-order valence-electron chi connectivity index (χ4n) is 2.07. The first-order valence-corrected chi connectivity index (χ1v) is 6.55. The Bertz CT molecular complexity index is 376. The molecule has 1 heterocycles. The van der Waals surface area contributed by atoms with Crippen LogP contribution in [0.4, 0.5) is 4.79 Å². The van der Waals surface area contributed by atoms with Gasteiger partial charge in [-0.05, 0) is 25.9 Å². The lowest BCUT2D eigenvalue weighted by Gasteiger charge is -2.29. The van der Waals surface area contributed by atoms with Gasteiger partial charge < -0.3 is 10.1 Å². The van der Waals surface area contributed by atoms with Crippen molar-refractivity contribution in [3.05, 3.63) is 12.7 Å². The molecule has 7 heteroatoms. The number of esters is 1. The van der Waals surface area contributed by atoms with Gasteiger partial charge in [0.1, 0.15) is 0 Å².